The van der Waals surface area contributed by atoms with Gasteiger partial charge >= 0.3 is 0 Å². The third-order valence-electron chi connectivity index (χ3n) is 2.70. The molecule has 1 N–H and O–H groups in total. The van der Waals surface area contributed by atoms with Gasteiger partial charge in [-0.15, -0.1) is 11.3 Å². The Balaban J connectivity index is 2.19. The Kier molecular flexibility index (Phi) is 5.44. The minimum atomic E-state index is 0.560. The third kappa shape index (κ3) is 3.83. The molecule has 0 bridgehead atoms. The van der Waals surface area contributed by atoms with E-state index in [0.29, 0.717) is 6.61 Å². The SMILES string of the molecule is CCCNCc1sc(-c2ccncc2)nc1COC. The van der Waals surface area contributed by atoms with Crippen LogP contribution in [0.4, 0.5) is 0 Å². The average molecular weight is 277 g/mol. The number of aromatic nitrogens is 2. The molecule has 0 aliphatic rings. The lowest BCUT2D eigenvalue weighted by atomic mass is 10.3. The molecule has 4 nitrogen and oxygen atoms in total. The Morgan fingerprint density at radius 2 is 2.11 bits per heavy atom. The number of ether oxygens (including phenoxy) is 1. The van der Waals surface area contributed by atoms with Gasteiger partial charge in [0.1, 0.15) is 5.01 Å². The number of hydrogen-bond acceptors (Lipinski definition) is 5. The van der Waals surface area contributed by atoms with Crippen molar-refractivity contribution in [2.75, 3.05) is 13.7 Å². The summed E-state index contributed by atoms with van der Waals surface area (Å²) in [6.45, 7) is 4.60. The Morgan fingerprint density at radius 1 is 1.32 bits per heavy atom. The van der Waals surface area contributed by atoms with Gasteiger partial charge in [-0.3, -0.25) is 4.98 Å². The van der Waals surface area contributed by atoms with Gasteiger partial charge in [0.2, 0.25) is 0 Å². The zero-order valence-corrected chi connectivity index (χ0v) is 12.2. The van der Waals surface area contributed by atoms with E-state index in [1.54, 1.807) is 30.8 Å². The van der Waals surface area contributed by atoms with Crippen LogP contribution in [0.15, 0.2) is 24.5 Å². The molecule has 0 unspecified atom stereocenters. The molecule has 0 spiro atoms. The first-order chi connectivity index (χ1) is 9.35. The molecule has 2 aromatic rings. The van der Waals surface area contributed by atoms with E-state index in [1.165, 1.54) is 4.88 Å². The van der Waals surface area contributed by atoms with Crippen LogP contribution in [0.5, 0.6) is 0 Å². The highest BCUT2D eigenvalue weighted by Crippen LogP contribution is 2.28. The molecule has 0 saturated carbocycles. The standard InChI is InChI=1S/C14H19N3OS/c1-3-6-16-9-13-12(10-18-2)17-14(19-13)11-4-7-15-8-5-11/h4-5,7-8,16H,3,6,9-10H2,1-2H3. The summed E-state index contributed by atoms with van der Waals surface area (Å²) in [4.78, 5) is 9.96. The van der Waals surface area contributed by atoms with E-state index >= 15 is 0 Å². The monoisotopic (exact) mass is 277 g/mol. The van der Waals surface area contributed by atoms with E-state index in [2.05, 4.69) is 22.2 Å². The second kappa shape index (κ2) is 7.33. The molecule has 102 valence electrons. The van der Waals surface area contributed by atoms with Gasteiger partial charge < -0.3 is 10.1 Å². The van der Waals surface area contributed by atoms with Gasteiger partial charge in [-0.1, -0.05) is 6.92 Å². The van der Waals surface area contributed by atoms with Crippen LogP contribution in [0, 0.1) is 0 Å². The van der Waals surface area contributed by atoms with Crippen LogP contribution in [0.25, 0.3) is 10.6 Å². The van der Waals surface area contributed by atoms with Crippen LogP contribution in [0.2, 0.25) is 0 Å². The predicted molar refractivity (Wildman–Crippen MR) is 78.1 cm³/mol. The maximum atomic E-state index is 5.23. The molecule has 0 radical (unpaired) electrons. The molecule has 0 saturated heterocycles. The van der Waals surface area contributed by atoms with Crippen molar-refractivity contribution in [3.05, 3.63) is 35.1 Å². The molecule has 0 aliphatic carbocycles. The average Bonchev–Trinajstić information content (AvgIpc) is 2.84. The lowest BCUT2D eigenvalue weighted by Crippen LogP contribution is -2.14. The van der Waals surface area contributed by atoms with Crippen molar-refractivity contribution in [3.8, 4) is 10.6 Å². The molecule has 0 aromatic carbocycles. The normalized spacial score (nSPS) is 10.8. The minimum absolute atomic E-state index is 0.560. The largest absolute Gasteiger partial charge is 0.378 e. The van der Waals surface area contributed by atoms with Gasteiger partial charge in [-0.25, -0.2) is 4.98 Å². The molecule has 5 heteroatoms. The number of methoxy groups -OCH3 is 1. The van der Waals surface area contributed by atoms with Crippen molar-refractivity contribution in [2.24, 2.45) is 0 Å². The van der Waals surface area contributed by atoms with Gasteiger partial charge in [-0.2, -0.15) is 0 Å². The number of nitrogens with zero attached hydrogens (tertiary/aromatic N) is 2. The lowest BCUT2D eigenvalue weighted by Gasteiger charge is -2.02. The first-order valence-corrected chi connectivity index (χ1v) is 7.25. The molecule has 2 rings (SSSR count). The minimum Gasteiger partial charge on any atom is -0.378 e. The highest BCUT2D eigenvalue weighted by atomic mass is 32.1. The van der Waals surface area contributed by atoms with Crippen LogP contribution >= 0.6 is 11.3 Å². The van der Waals surface area contributed by atoms with Gasteiger partial charge in [0.25, 0.3) is 0 Å². The fourth-order valence-corrected chi connectivity index (χ4v) is 2.81. The highest BCUT2D eigenvalue weighted by molar-refractivity contribution is 7.15. The van der Waals surface area contributed by atoms with Crippen molar-refractivity contribution in [1.29, 1.82) is 0 Å². The van der Waals surface area contributed by atoms with Gasteiger partial charge in [0, 0.05) is 36.5 Å². The zero-order valence-electron chi connectivity index (χ0n) is 11.3. The van der Waals surface area contributed by atoms with E-state index in [1.807, 2.05) is 12.1 Å². The van der Waals surface area contributed by atoms with Gasteiger partial charge in [0.15, 0.2) is 0 Å². The van der Waals surface area contributed by atoms with Gasteiger partial charge in [-0.05, 0) is 25.1 Å². The first-order valence-electron chi connectivity index (χ1n) is 6.43. The summed E-state index contributed by atoms with van der Waals surface area (Å²) in [7, 11) is 1.70. The van der Waals surface area contributed by atoms with Crippen molar-refractivity contribution >= 4 is 11.3 Å². The highest BCUT2D eigenvalue weighted by Gasteiger charge is 2.12. The van der Waals surface area contributed by atoms with E-state index < -0.39 is 0 Å². The van der Waals surface area contributed by atoms with Crippen LogP contribution in [-0.2, 0) is 17.9 Å². The zero-order chi connectivity index (χ0) is 13.5. The molecule has 0 atom stereocenters. The number of rotatable bonds is 7. The Bertz CT molecular complexity index is 499. The molecule has 2 heterocycles. The van der Waals surface area contributed by atoms with Crippen molar-refractivity contribution in [1.82, 2.24) is 15.3 Å². The predicted octanol–water partition coefficient (Wildman–Crippen LogP) is 2.85. The summed E-state index contributed by atoms with van der Waals surface area (Å²) in [6.07, 6.45) is 4.72. The molecular weight excluding hydrogens is 258 g/mol. The maximum absolute atomic E-state index is 5.23. The molecular formula is C14H19N3OS. The van der Waals surface area contributed by atoms with Crippen LogP contribution < -0.4 is 5.32 Å². The number of nitrogens with one attached hydrogen (secondary N) is 1. The van der Waals surface area contributed by atoms with Crippen molar-refractivity contribution in [2.45, 2.75) is 26.5 Å². The summed E-state index contributed by atoms with van der Waals surface area (Å²) in [5.74, 6) is 0. The fourth-order valence-electron chi connectivity index (χ4n) is 1.77. The van der Waals surface area contributed by atoms with E-state index in [9.17, 15) is 0 Å². The Hall–Kier alpha value is -1.30. The number of hydrogen-bond donors (Lipinski definition) is 1. The van der Waals surface area contributed by atoms with E-state index in [4.69, 9.17) is 4.74 Å². The summed E-state index contributed by atoms with van der Waals surface area (Å²) >= 11 is 1.72. The van der Waals surface area contributed by atoms with E-state index in [-0.39, 0.29) is 0 Å². The van der Waals surface area contributed by atoms with Crippen LogP contribution in [0.3, 0.4) is 0 Å². The molecule has 19 heavy (non-hydrogen) atoms. The Morgan fingerprint density at radius 3 is 2.79 bits per heavy atom. The second-order valence-electron chi connectivity index (χ2n) is 4.23. The smallest absolute Gasteiger partial charge is 0.124 e. The number of thiazole rings is 1. The summed E-state index contributed by atoms with van der Waals surface area (Å²) in [5, 5.41) is 4.45. The second-order valence-corrected chi connectivity index (χ2v) is 5.32. The fraction of sp³-hybridized carbons (Fsp3) is 0.429. The third-order valence-corrected chi connectivity index (χ3v) is 3.85. The topological polar surface area (TPSA) is 47.0 Å². The van der Waals surface area contributed by atoms with Crippen LogP contribution in [-0.4, -0.2) is 23.6 Å². The van der Waals surface area contributed by atoms with Crippen LogP contribution in [0.1, 0.15) is 23.9 Å². The molecule has 0 amide bonds. The quantitative estimate of drug-likeness (QED) is 0.791. The lowest BCUT2D eigenvalue weighted by molar-refractivity contribution is 0.181. The molecule has 0 aliphatic heterocycles. The summed E-state index contributed by atoms with van der Waals surface area (Å²) < 4.78 is 5.23. The van der Waals surface area contributed by atoms with Gasteiger partial charge in [0.05, 0.1) is 12.3 Å². The number of pyridine rings is 1. The van der Waals surface area contributed by atoms with Crippen molar-refractivity contribution in [3.63, 3.8) is 0 Å². The maximum Gasteiger partial charge on any atom is 0.124 e. The molecule has 2 aromatic heterocycles. The van der Waals surface area contributed by atoms with Crippen molar-refractivity contribution < 1.29 is 4.74 Å². The first kappa shape index (κ1) is 14.1. The Labute approximate surface area is 117 Å². The van der Waals surface area contributed by atoms with E-state index in [0.717, 1.165) is 35.8 Å². The summed E-state index contributed by atoms with van der Waals surface area (Å²) in [5.41, 5.74) is 2.14. The summed E-state index contributed by atoms with van der Waals surface area (Å²) in [6, 6.07) is 3.97. The molecule has 0 fully saturated rings.